The van der Waals surface area contributed by atoms with Crippen molar-refractivity contribution >= 4 is 29.0 Å². The third-order valence-corrected chi connectivity index (χ3v) is 2.60. The van der Waals surface area contributed by atoms with E-state index in [1.165, 1.54) is 17.1 Å². The number of rotatable bonds is 2. The van der Waals surface area contributed by atoms with Gasteiger partial charge in [-0.1, -0.05) is 23.2 Å². The van der Waals surface area contributed by atoms with Gasteiger partial charge in [-0.3, -0.25) is 9.48 Å². The fraction of sp³-hybridized carbons (Fsp3) is 0.100. The van der Waals surface area contributed by atoms with Crippen LogP contribution in [0.4, 0.5) is 0 Å². The lowest BCUT2D eigenvalue weighted by atomic mass is 10.1. The minimum Gasteiger partial charge on any atom is -0.287 e. The molecular weight excluding hydrogens is 249 g/mol. The predicted molar refractivity (Wildman–Crippen MR) is 60.9 cm³/mol. The molecular formula is C10H7Cl2N3O. The molecule has 0 saturated carbocycles. The first-order chi connectivity index (χ1) is 7.59. The first-order valence-electron chi connectivity index (χ1n) is 4.43. The fourth-order valence-corrected chi connectivity index (χ4v) is 1.68. The Balaban J connectivity index is 2.43. The summed E-state index contributed by atoms with van der Waals surface area (Å²) in [6.07, 6.45) is 2.84. The summed E-state index contributed by atoms with van der Waals surface area (Å²) in [6, 6.07) is 3.15. The van der Waals surface area contributed by atoms with Crippen LogP contribution in [0.2, 0.25) is 10.2 Å². The average Bonchev–Trinajstić information content (AvgIpc) is 2.59. The van der Waals surface area contributed by atoms with Gasteiger partial charge in [0.2, 0.25) is 5.78 Å². The number of ketones is 1. The third kappa shape index (κ3) is 1.94. The molecule has 0 spiro atoms. The molecule has 0 unspecified atom stereocenters. The zero-order chi connectivity index (χ0) is 11.7. The van der Waals surface area contributed by atoms with Crippen LogP contribution in [0.1, 0.15) is 16.1 Å². The number of aromatic nitrogens is 3. The van der Waals surface area contributed by atoms with Gasteiger partial charge < -0.3 is 0 Å². The number of carbonyl (C=O) groups is 1. The van der Waals surface area contributed by atoms with Gasteiger partial charge in [-0.25, -0.2) is 4.98 Å². The SMILES string of the molecule is Cn1ncc(Cl)c1C(=O)c1ccc(Cl)nc1. The van der Waals surface area contributed by atoms with Gasteiger partial charge in [0.1, 0.15) is 10.8 Å². The van der Waals surface area contributed by atoms with E-state index in [4.69, 9.17) is 23.2 Å². The molecule has 0 aliphatic rings. The maximum absolute atomic E-state index is 12.0. The molecule has 0 N–H and O–H groups in total. The Hall–Kier alpha value is -1.39. The van der Waals surface area contributed by atoms with Crippen molar-refractivity contribution in [3.05, 3.63) is 46.0 Å². The molecule has 0 aliphatic carbocycles. The highest BCUT2D eigenvalue weighted by Crippen LogP contribution is 2.18. The summed E-state index contributed by atoms with van der Waals surface area (Å²) in [4.78, 5) is 15.9. The van der Waals surface area contributed by atoms with Gasteiger partial charge in [-0.15, -0.1) is 0 Å². The van der Waals surface area contributed by atoms with Crippen LogP contribution in [0.5, 0.6) is 0 Å². The molecule has 0 aromatic carbocycles. The highest BCUT2D eigenvalue weighted by atomic mass is 35.5. The van der Waals surface area contributed by atoms with Crippen molar-refractivity contribution in [3.8, 4) is 0 Å². The molecule has 0 atom stereocenters. The molecule has 0 amide bonds. The van der Waals surface area contributed by atoms with E-state index in [9.17, 15) is 4.79 Å². The van der Waals surface area contributed by atoms with Gasteiger partial charge in [-0.05, 0) is 12.1 Å². The van der Waals surface area contributed by atoms with Crippen LogP contribution in [0, 0.1) is 0 Å². The summed E-state index contributed by atoms with van der Waals surface area (Å²) in [7, 11) is 1.66. The molecule has 0 bridgehead atoms. The molecule has 16 heavy (non-hydrogen) atoms. The van der Waals surface area contributed by atoms with Crippen LogP contribution in [-0.4, -0.2) is 20.5 Å². The zero-order valence-corrected chi connectivity index (χ0v) is 9.83. The Morgan fingerprint density at radius 2 is 2.06 bits per heavy atom. The molecule has 2 heterocycles. The quantitative estimate of drug-likeness (QED) is 0.612. The average molecular weight is 256 g/mol. The first kappa shape index (κ1) is 11.1. The molecule has 0 fully saturated rings. The zero-order valence-electron chi connectivity index (χ0n) is 8.32. The maximum Gasteiger partial charge on any atom is 0.214 e. The van der Waals surface area contributed by atoms with E-state index < -0.39 is 0 Å². The predicted octanol–water partition coefficient (Wildman–Crippen LogP) is 2.35. The monoisotopic (exact) mass is 255 g/mol. The van der Waals surface area contributed by atoms with E-state index in [0.717, 1.165) is 0 Å². The standard InChI is InChI=1S/C10H7Cl2N3O/c1-15-9(7(11)5-14-15)10(16)6-2-3-8(12)13-4-6/h2-5H,1H3. The van der Waals surface area contributed by atoms with Crippen LogP contribution in [0.25, 0.3) is 0 Å². The van der Waals surface area contributed by atoms with Gasteiger partial charge in [0, 0.05) is 18.8 Å². The van der Waals surface area contributed by atoms with Gasteiger partial charge in [0.05, 0.1) is 11.2 Å². The Morgan fingerprint density at radius 3 is 2.56 bits per heavy atom. The maximum atomic E-state index is 12.0. The first-order valence-corrected chi connectivity index (χ1v) is 5.19. The van der Waals surface area contributed by atoms with E-state index in [1.807, 2.05) is 0 Å². The minimum absolute atomic E-state index is 0.228. The topological polar surface area (TPSA) is 47.8 Å². The lowest BCUT2D eigenvalue weighted by Crippen LogP contribution is -2.09. The Bertz CT molecular complexity index is 514. The second kappa shape index (κ2) is 4.23. The molecule has 2 rings (SSSR count). The largest absolute Gasteiger partial charge is 0.287 e. The summed E-state index contributed by atoms with van der Waals surface area (Å²) in [5.41, 5.74) is 0.765. The van der Waals surface area contributed by atoms with Gasteiger partial charge in [0.25, 0.3) is 0 Å². The van der Waals surface area contributed by atoms with Crippen LogP contribution < -0.4 is 0 Å². The van der Waals surface area contributed by atoms with Crippen molar-refractivity contribution in [1.29, 1.82) is 0 Å². The van der Waals surface area contributed by atoms with Crippen LogP contribution >= 0.6 is 23.2 Å². The molecule has 4 nitrogen and oxygen atoms in total. The summed E-state index contributed by atoms with van der Waals surface area (Å²) in [6.45, 7) is 0. The normalized spacial score (nSPS) is 10.4. The molecule has 82 valence electrons. The van der Waals surface area contributed by atoms with Crippen molar-refractivity contribution in [2.45, 2.75) is 0 Å². The van der Waals surface area contributed by atoms with E-state index in [1.54, 1.807) is 19.2 Å². The highest BCUT2D eigenvalue weighted by Gasteiger charge is 2.17. The van der Waals surface area contributed by atoms with Crippen molar-refractivity contribution in [2.24, 2.45) is 7.05 Å². The van der Waals surface area contributed by atoms with E-state index >= 15 is 0 Å². The highest BCUT2D eigenvalue weighted by molar-refractivity contribution is 6.34. The Morgan fingerprint density at radius 1 is 1.31 bits per heavy atom. The van der Waals surface area contributed by atoms with Crippen LogP contribution in [0.3, 0.4) is 0 Å². The summed E-state index contributed by atoms with van der Waals surface area (Å²) >= 11 is 11.5. The Kier molecular flexibility index (Phi) is 2.94. The van der Waals surface area contributed by atoms with E-state index in [2.05, 4.69) is 10.1 Å². The van der Waals surface area contributed by atoms with Gasteiger partial charge in [0.15, 0.2) is 0 Å². The lowest BCUT2D eigenvalue weighted by molar-refractivity contribution is 0.103. The van der Waals surface area contributed by atoms with Crippen molar-refractivity contribution < 1.29 is 4.79 Å². The van der Waals surface area contributed by atoms with Crippen molar-refractivity contribution in [3.63, 3.8) is 0 Å². The van der Waals surface area contributed by atoms with Crippen LogP contribution in [-0.2, 0) is 7.05 Å². The number of halogens is 2. The fourth-order valence-electron chi connectivity index (χ4n) is 1.31. The minimum atomic E-state index is -0.228. The number of nitrogens with zero attached hydrogens (tertiary/aromatic N) is 3. The smallest absolute Gasteiger partial charge is 0.214 e. The number of pyridine rings is 1. The number of hydrogen-bond donors (Lipinski definition) is 0. The second-order valence-corrected chi connectivity index (χ2v) is 3.96. The molecule has 6 heteroatoms. The number of hydrogen-bond acceptors (Lipinski definition) is 3. The molecule has 0 aliphatic heterocycles. The van der Waals surface area contributed by atoms with Crippen molar-refractivity contribution in [2.75, 3.05) is 0 Å². The summed E-state index contributed by atoms with van der Waals surface area (Å²) < 4.78 is 1.43. The summed E-state index contributed by atoms with van der Waals surface area (Å²) in [5.74, 6) is -0.228. The molecule has 2 aromatic rings. The number of carbonyl (C=O) groups excluding carboxylic acids is 1. The van der Waals surface area contributed by atoms with Gasteiger partial charge >= 0.3 is 0 Å². The summed E-state index contributed by atoms with van der Waals surface area (Å²) in [5, 5.41) is 4.56. The third-order valence-electron chi connectivity index (χ3n) is 2.10. The van der Waals surface area contributed by atoms with E-state index in [-0.39, 0.29) is 5.78 Å². The van der Waals surface area contributed by atoms with Gasteiger partial charge in [-0.2, -0.15) is 5.10 Å². The number of aryl methyl sites for hydroxylation is 1. The van der Waals surface area contributed by atoms with Crippen molar-refractivity contribution in [1.82, 2.24) is 14.8 Å². The Labute approximate surface area is 102 Å². The molecule has 2 aromatic heterocycles. The molecule has 0 radical (unpaired) electrons. The molecule has 0 saturated heterocycles. The lowest BCUT2D eigenvalue weighted by Gasteiger charge is -2.01. The van der Waals surface area contributed by atoms with Crippen LogP contribution in [0.15, 0.2) is 24.5 Å². The second-order valence-electron chi connectivity index (χ2n) is 3.16. The van der Waals surface area contributed by atoms with E-state index in [0.29, 0.717) is 21.4 Å².